The van der Waals surface area contributed by atoms with E-state index in [4.69, 9.17) is 11.6 Å². The minimum atomic E-state index is -0.560. The van der Waals surface area contributed by atoms with Crippen LogP contribution in [0, 0.1) is 5.82 Å². The molecule has 12 heteroatoms. The van der Waals surface area contributed by atoms with Gasteiger partial charge in [0.15, 0.2) is 0 Å². The molecule has 0 aliphatic carbocycles. The number of hydrogen-bond acceptors (Lipinski definition) is 7. The lowest BCUT2D eigenvalue weighted by Gasteiger charge is -2.24. The number of carbonyl (C=O) groups is 1. The summed E-state index contributed by atoms with van der Waals surface area (Å²) in [6.45, 7) is 0.105. The second kappa shape index (κ2) is 7.48. The number of halogens is 2. The van der Waals surface area contributed by atoms with Crippen LogP contribution in [0.25, 0.3) is 5.70 Å². The van der Waals surface area contributed by atoms with Crippen molar-refractivity contribution in [1.82, 2.24) is 20.0 Å². The molecule has 1 amide bonds. The first-order chi connectivity index (χ1) is 13.8. The van der Waals surface area contributed by atoms with Gasteiger partial charge in [-0.1, -0.05) is 17.7 Å². The highest BCUT2D eigenvalue weighted by molar-refractivity contribution is 8.02. The summed E-state index contributed by atoms with van der Waals surface area (Å²) in [5.41, 5.74) is 3.12. The van der Waals surface area contributed by atoms with Gasteiger partial charge in [0.05, 0.1) is 23.3 Å². The van der Waals surface area contributed by atoms with Crippen LogP contribution in [-0.2, 0) is 11.8 Å². The van der Waals surface area contributed by atoms with Crippen molar-refractivity contribution in [3.8, 4) is 0 Å². The highest BCUT2D eigenvalue weighted by atomic mass is 35.5. The second-order valence-corrected chi connectivity index (χ2v) is 7.67. The number of benzene rings is 1. The Morgan fingerprint density at radius 3 is 2.93 bits per heavy atom. The number of aromatic amines is 1. The summed E-state index contributed by atoms with van der Waals surface area (Å²) in [5, 5.41) is 6.39. The quantitative estimate of drug-likeness (QED) is 0.656. The number of nitrogens with one attached hydrogen (secondary N) is 3. The molecule has 0 saturated heterocycles. The molecular weight excluding hydrogens is 423 g/mol. The van der Waals surface area contributed by atoms with Gasteiger partial charge in [0, 0.05) is 12.6 Å². The number of hydrazine groups is 1. The van der Waals surface area contributed by atoms with Gasteiger partial charge in [0.1, 0.15) is 23.9 Å². The first-order valence-corrected chi connectivity index (χ1v) is 9.94. The van der Waals surface area contributed by atoms with Gasteiger partial charge in [-0.2, -0.15) is 0 Å². The summed E-state index contributed by atoms with van der Waals surface area (Å²) in [4.78, 5) is 40.2. The van der Waals surface area contributed by atoms with E-state index < -0.39 is 17.1 Å². The highest BCUT2D eigenvalue weighted by Gasteiger charge is 2.28. The van der Waals surface area contributed by atoms with E-state index in [2.05, 4.69) is 15.7 Å². The van der Waals surface area contributed by atoms with Crippen molar-refractivity contribution in [3.05, 3.63) is 60.8 Å². The van der Waals surface area contributed by atoms with Crippen LogP contribution in [0.5, 0.6) is 0 Å². The number of nitrogens with zero attached hydrogens (tertiary/aromatic N) is 3. The van der Waals surface area contributed by atoms with Crippen molar-refractivity contribution >= 4 is 46.5 Å². The van der Waals surface area contributed by atoms with Crippen LogP contribution < -0.4 is 26.9 Å². The Morgan fingerprint density at radius 2 is 2.17 bits per heavy atom. The summed E-state index contributed by atoms with van der Waals surface area (Å²) in [5.74, 6) is -0.0935. The van der Waals surface area contributed by atoms with E-state index >= 15 is 0 Å². The zero-order valence-electron chi connectivity index (χ0n) is 15.2. The van der Waals surface area contributed by atoms with Crippen LogP contribution in [0.1, 0.15) is 5.56 Å². The first-order valence-electron chi connectivity index (χ1n) is 8.51. The van der Waals surface area contributed by atoms with Crippen molar-refractivity contribution in [2.45, 2.75) is 0 Å². The number of thioether (sulfide) groups is 1. The molecule has 1 aromatic heterocycles. The van der Waals surface area contributed by atoms with Crippen LogP contribution in [-0.4, -0.2) is 39.6 Å². The van der Waals surface area contributed by atoms with Gasteiger partial charge in [-0.15, -0.1) is 11.8 Å². The lowest BCUT2D eigenvalue weighted by atomic mass is 10.1. The molecule has 2 aliphatic rings. The Balaban J connectivity index is 1.48. The average Bonchev–Trinajstić information content (AvgIpc) is 3.29. The minimum Gasteiger partial charge on any atom is -0.352 e. The molecule has 3 heterocycles. The fraction of sp³-hybridized carbons (Fsp3) is 0.235. The van der Waals surface area contributed by atoms with Crippen molar-refractivity contribution < 1.29 is 9.18 Å². The summed E-state index contributed by atoms with van der Waals surface area (Å²) in [6.07, 6.45) is 0. The van der Waals surface area contributed by atoms with Gasteiger partial charge in [0.25, 0.3) is 11.5 Å². The second-order valence-electron chi connectivity index (χ2n) is 6.44. The van der Waals surface area contributed by atoms with E-state index in [0.29, 0.717) is 23.0 Å². The molecule has 29 heavy (non-hydrogen) atoms. The number of hydrogen-bond donors (Lipinski definition) is 3. The number of fused-ring (bicyclic) bond motifs is 1. The maximum Gasteiger partial charge on any atom is 0.329 e. The Labute approximate surface area is 173 Å². The molecule has 3 N–H and O–H groups in total. The zero-order chi connectivity index (χ0) is 20.7. The normalized spacial score (nSPS) is 15.2. The fourth-order valence-electron chi connectivity index (χ4n) is 3.14. The molecule has 0 unspecified atom stereocenters. The molecule has 0 atom stereocenters. The Bertz CT molecular complexity index is 1150. The minimum absolute atomic E-state index is 0.0235. The topological polar surface area (TPSA) is 102 Å². The molecule has 0 bridgehead atoms. The highest BCUT2D eigenvalue weighted by Crippen LogP contribution is 2.31. The largest absolute Gasteiger partial charge is 0.352 e. The van der Waals surface area contributed by atoms with Crippen LogP contribution in [0.3, 0.4) is 0 Å². The van der Waals surface area contributed by atoms with Crippen LogP contribution in [0.4, 0.5) is 15.9 Å². The van der Waals surface area contributed by atoms with Gasteiger partial charge < -0.3 is 10.2 Å². The number of amides is 1. The van der Waals surface area contributed by atoms with E-state index in [0.717, 1.165) is 0 Å². The Hall–Kier alpha value is -2.92. The van der Waals surface area contributed by atoms with Gasteiger partial charge in [-0.25, -0.2) is 9.18 Å². The number of aromatic nitrogens is 2. The molecule has 0 radical (unpaired) electrons. The monoisotopic (exact) mass is 438 g/mol. The molecule has 152 valence electrons. The molecule has 9 nitrogen and oxygen atoms in total. The SMILES string of the molecule is Cn1c2c(c(=O)[nH]c1=O)N(CC(=O)NN1CSC=C1c1ccc(Cl)c(F)c1)CN2. The molecule has 2 aliphatic heterocycles. The van der Waals surface area contributed by atoms with E-state index in [1.807, 2.05) is 5.41 Å². The zero-order valence-corrected chi connectivity index (χ0v) is 16.7. The lowest BCUT2D eigenvalue weighted by molar-refractivity contribution is -0.122. The van der Waals surface area contributed by atoms with Gasteiger partial charge in [-0.3, -0.25) is 29.6 Å². The van der Waals surface area contributed by atoms with Crippen LogP contribution in [0.15, 0.2) is 33.2 Å². The summed E-state index contributed by atoms with van der Waals surface area (Å²) in [7, 11) is 1.53. The van der Waals surface area contributed by atoms with Crippen LogP contribution >= 0.6 is 23.4 Å². The maximum absolute atomic E-state index is 13.8. The summed E-state index contributed by atoms with van der Waals surface area (Å²) >= 11 is 7.18. The molecule has 0 saturated carbocycles. The van der Waals surface area contributed by atoms with Crippen molar-refractivity contribution in [3.63, 3.8) is 0 Å². The molecule has 2 aromatic rings. The van der Waals surface area contributed by atoms with Gasteiger partial charge >= 0.3 is 5.69 Å². The predicted molar refractivity (Wildman–Crippen MR) is 110 cm³/mol. The van der Waals surface area contributed by atoms with Gasteiger partial charge in [-0.05, 0) is 17.5 Å². The average molecular weight is 439 g/mol. The lowest BCUT2D eigenvalue weighted by Crippen LogP contribution is -2.45. The Morgan fingerprint density at radius 1 is 1.38 bits per heavy atom. The smallest absolute Gasteiger partial charge is 0.329 e. The van der Waals surface area contributed by atoms with E-state index in [1.54, 1.807) is 11.1 Å². The number of H-pyrrole nitrogens is 1. The molecule has 0 fully saturated rings. The third kappa shape index (κ3) is 3.58. The van der Waals surface area contributed by atoms with Crippen LogP contribution in [0.2, 0.25) is 5.02 Å². The third-order valence-electron chi connectivity index (χ3n) is 4.55. The van der Waals surface area contributed by atoms with Crippen molar-refractivity contribution in [1.29, 1.82) is 0 Å². The van der Waals surface area contributed by atoms with E-state index in [1.165, 1.54) is 40.4 Å². The first kappa shape index (κ1) is 19.4. The maximum atomic E-state index is 13.8. The number of carbonyl (C=O) groups excluding carboxylic acids is 1. The fourth-order valence-corrected chi connectivity index (χ4v) is 4.11. The summed E-state index contributed by atoms with van der Waals surface area (Å²) < 4.78 is 15.1. The molecule has 1 aromatic carbocycles. The van der Waals surface area contributed by atoms with E-state index in [9.17, 15) is 18.8 Å². The van der Waals surface area contributed by atoms with Crippen molar-refractivity contribution in [2.75, 3.05) is 29.3 Å². The Kier molecular flexibility index (Phi) is 5.01. The molecular formula is C17H16ClFN6O3S. The molecule has 4 rings (SSSR count). The standard InChI is InChI=1S/C17H16ClFN6O3S/c1-23-15-14(16(27)21-17(23)28)24(7-20-15)5-13(26)22-25-8-29-6-12(25)9-2-3-10(18)11(19)4-9/h2-4,6,20H,5,7-8H2,1H3,(H,22,26)(H,21,27,28). The van der Waals surface area contributed by atoms with Crippen molar-refractivity contribution in [2.24, 2.45) is 7.05 Å². The summed E-state index contributed by atoms with van der Waals surface area (Å²) in [6, 6.07) is 4.43. The number of rotatable bonds is 4. The van der Waals surface area contributed by atoms with Gasteiger partial charge in [0.2, 0.25) is 0 Å². The third-order valence-corrected chi connectivity index (χ3v) is 5.66. The predicted octanol–water partition coefficient (Wildman–Crippen LogP) is 1.09. The number of anilines is 2. The molecule has 0 spiro atoms. The van der Waals surface area contributed by atoms with E-state index in [-0.39, 0.29) is 29.8 Å².